The second kappa shape index (κ2) is 8.27. The molecule has 0 amide bonds. The van der Waals surface area contributed by atoms with Crippen molar-refractivity contribution < 1.29 is 8.98 Å². The number of rotatable bonds is 4. The number of carbonyl (C=O) groups excluding carboxylic acids is 1. The van der Waals surface area contributed by atoms with Crippen LogP contribution in [0.4, 0.5) is 0 Å². The molecule has 2 nitrogen and oxygen atoms in total. The summed E-state index contributed by atoms with van der Waals surface area (Å²) in [5.74, 6) is 0.0155. The average Bonchev–Trinajstić information content (AvgIpc) is 2.62. The summed E-state index contributed by atoms with van der Waals surface area (Å²) in [6, 6.07) is 0. The maximum absolute atomic E-state index is 12.2. The normalized spacial score (nSPS) is 26.8. The Morgan fingerprint density at radius 2 is 0.957 bits per heavy atom. The van der Waals surface area contributed by atoms with Crippen LogP contribution in [0.2, 0.25) is 0 Å². The Labute approximate surface area is 144 Å². The maximum Gasteiger partial charge on any atom is 0.313 e. The van der Waals surface area contributed by atoms with Crippen LogP contribution in [0, 0.1) is 0 Å². The van der Waals surface area contributed by atoms with Crippen molar-refractivity contribution in [1.29, 1.82) is 0 Å². The van der Waals surface area contributed by atoms with Crippen molar-refractivity contribution in [3.63, 3.8) is 0 Å². The van der Waals surface area contributed by atoms with Gasteiger partial charge in [0.25, 0.3) is 0 Å². The van der Waals surface area contributed by atoms with Crippen LogP contribution in [0.1, 0.15) is 103 Å². The van der Waals surface area contributed by atoms with E-state index in [0.717, 1.165) is 0 Å². The quantitative estimate of drug-likeness (QED) is 0.603. The van der Waals surface area contributed by atoms with Crippen molar-refractivity contribution in [2.45, 2.75) is 119 Å². The molecule has 3 aliphatic rings. The first kappa shape index (κ1) is 17.6. The Kier molecular flexibility index (Phi) is 6.34. The fourth-order valence-corrected chi connectivity index (χ4v) is 11.2. The number of hydrogen-bond acceptors (Lipinski definition) is 2. The molecule has 3 saturated carbocycles. The summed E-state index contributed by atoms with van der Waals surface area (Å²) < 4.78 is 6.50. The van der Waals surface area contributed by atoms with Crippen LogP contribution in [0.5, 0.6) is 0 Å². The van der Waals surface area contributed by atoms with E-state index in [1.54, 1.807) is 6.92 Å². The van der Waals surface area contributed by atoms with Gasteiger partial charge in [0.05, 0.1) is 0 Å². The summed E-state index contributed by atoms with van der Waals surface area (Å²) >= 11 is 0. The van der Waals surface area contributed by atoms with Gasteiger partial charge in [-0.2, -0.15) is 0 Å². The third-order valence-corrected chi connectivity index (χ3v) is 11.5. The molecule has 0 aromatic heterocycles. The van der Waals surface area contributed by atoms with Crippen molar-refractivity contribution in [3.8, 4) is 0 Å². The van der Waals surface area contributed by atoms with E-state index in [-0.39, 0.29) is 5.97 Å². The lowest BCUT2D eigenvalue weighted by atomic mass is 9.99. The molecule has 0 N–H and O–H groups in total. The fraction of sp³-hybridized carbons (Fsp3) is 0.950. The topological polar surface area (TPSA) is 26.3 Å². The van der Waals surface area contributed by atoms with Crippen LogP contribution in [0.25, 0.3) is 0 Å². The molecule has 0 bridgehead atoms. The van der Waals surface area contributed by atoms with Gasteiger partial charge in [-0.25, -0.2) is 0 Å². The highest BCUT2D eigenvalue weighted by molar-refractivity contribution is 8.31. The minimum Gasteiger partial charge on any atom is -0.415 e. The molecule has 0 spiro atoms. The van der Waals surface area contributed by atoms with Gasteiger partial charge < -0.3 is 4.18 Å². The van der Waals surface area contributed by atoms with Crippen LogP contribution >= 0.6 is 10.3 Å². The summed E-state index contributed by atoms with van der Waals surface area (Å²) in [6.45, 7) is 1.68. The van der Waals surface area contributed by atoms with Gasteiger partial charge in [0.2, 0.25) is 0 Å². The molecule has 3 heteroatoms. The van der Waals surface area contributed by atoms with Crippen molar-refractivity contribution in [1.82, 2.24) is 0 Å². The van der Waals surface area contributed by atoms with E-state index >= 15 is 0 Å². The lowest BCUT2D eigenvalue weighted by Gasteiger charge is -2.57. The standard InChI is InChI=1S/C20H36O2S/c1-17(21)22-23(18-11-5-2-6-12-18,19-13-7-3-8-14-19)20-15-9-4-10-16-20/h18-20H,2-16H2,1H3. The number of carbonyl (C=O) groups is 1. The van der Waals surface area contributed by atoms with Gasteiger partial charge in [-0.05, 0) is 38.5 Å². The van der Waals surface area contributed by atoms with E-state index in [0.29, 0.717) is 15.7 Å². The molecule has 0 radical (unpaired) electrons. The molecule has 134 valence electrons. The minimum absolute atomic E-state index is 0.0155. The molecule has 3 fully saturated rings. The first-order valence-electron chi connectivity index (χ1n) is 10.2. The smallest absolute Gasteiger partial charge is 0.313 e. The van der Waals surface area contributed by atoms with Gasteiger partial charge >= 0.3 is 5.97 Å². The molecule has 23 heavy (non-hydrogen) atoms. The van der Waals surface area contributed by atoms with Crippen LogP contribution in [-0.4, -0.2) is 21.7 Å². The molecule has 0 aliphatic heterocycles. The Hall–Kier alpha value is -0.180. The van der Waals surface area contributed by atoms with Crippen LogP contribution in [0.3, 0.4) is 0 Å². The van der Waals surface area contributed by atoms with Gasteiger partial charge in [0, 0.05) is 22.7 Å². The van der Waals surface area contributed by atoms with Gasteiger partial charge in [0.1, 0.15) is 0 Å². The van der Waals surface area contributed by atoms with Gasteiger partial charge in [-0.1, -0.05) is 68.1 Å². The van der Waals surface area contributed by atoms with Crippen LogP contribution in [-0.2, 0) is 8.98 Å². The second-order valence-electron chi connectivity index (χ2n) is 8.05. The van der Waals surface area contributed by atoms with Crippen LogP contribution < -0.4 is 0 Å². The molecule has 0 heterocycles. The minimum atomic E-state index is -1.25. The summed E-state index contributed by atoms with van der Waals surface area (Å²) in [5.41, 5.74) is 0. The van der Waals surface area contributed by atoms with E-state index in [9.17, 15) is 4.79 Å². The summed E-state index contributed by atoms with van der Waals surface area (Å²) in [7, 11) is -1.25. The van der Waals surface area contributed by atoms with E-state index in [4.69, 9.17) is 4.18 Å². The van der Waals surface area contributed by atoms with Crippen molar-refractivity contribution >= 4 is 16.3 Å². The predicted molar refractivity (Wildman–Crippen MR) is 100.0 cm³/mol. The highest BCUT2D eigenvalue weighted by Crippen LogP contribution is 2.69. The largest absolute Gasteiger partial charge is 0.415 e. The Balaban J connectivity index is 1.93. The first-order chi connectivity index (χ1) is 11.2. The summed E-state index contributed by atoms with van der Waals surface area (Å²) in [4.78, 5) is 12.2. The zero-order valence-electron chi connectivity index (χ0n) is 15.1. The Morgan fingerprint density at radius 1 is 0.652 bits per heavy atom. The molecular formula is C20H36O2S. The summed E-state index contributed by atoms with van der Waals surface area (Å²) in [6.07, 6.45) is 20.3. The third-order valence-electron chi connectivity index (χ3n) is 6.48. The fourth-order valence-electron chi connectivity index (χ4n) is 5.52. The third kappa shape index (κ3) is 3.91. The van der Waals surface area contributed by atoms with Gasteiger partial charge in [0.15, 0.2) is 0 Å². The molecule has 0 atom stereocenters. The molecule has 0 aromatic carbocycles. The summed E-state index contributed by atoms with van der Waals surface area (Å²) in [5, 5.41) is 2.14. The predicted octanol–water partition coefficient (Wildman–Crippen LogP) is 6.27. The van der Waals surface area contributed by atoms with E-state index in [2.05, 4.69) is 0 Å². The average molecular weight is 341 g/mol. The molecule has 3 aliphatic carbocycles. The van der Waals surface area contributed by atoms with Crippen molar-refractivity contribution in [2.24, 2.45) is 0 Å². The van der Waals surface area contributed by atoms with E-state index < -0.39 is 10.3 Å². The highest BCUT2D eigenvalue weighted by atomic mass is 32.3. The molecule has 3 rings (SSSR count). The lowest BCUT2D eigenvalue weighted by molar-refractivity contribution is -0.131. The SMILES string of the molecule is CC(=O)OS(C1CCCCC1)(C1CCCCC1)C1CCCCC1. The number of hydrogen-bond donors (Lipinski definition) is 0. The molecule has 0 aromatic rings. The van der Waals surface area contributed by atoms with Crippen LogP contribution in [0.15, 0.2) is 0 Å². The maximum atomic E-state index is 12.2. The molecular weight excluding hydrogens is 304 g/mol. The Morgan fingerprint density at radius 3 is 1.22 bits per heavy atom. The van der Waals surface area contributed by atoms with Crippen molar-refractivity contribution in [3.05, 3.63) is 0 Å². The van der Waals surface area contributed by atoms with Gasteiger partial charge in [-0.3, -0.25) is 4.79 Å². The zero-order valence-corrected chi connectivity index (χ0v) is 15.9. The van der Waals surface area contributed by atoms with E-state index in [1.807, 2.05) is 0 Å². The molecule has 0 unspecified atom stereocenters. The second-order valence-corrected chi connectivity index (χ2v) is 11.6. The van der Waals surface area contributed by atoms with Crippen molar-refractivity contribution in [2.75, 3.05) is 0 Å². The van der Waals surface area contributed by atoms with Gasteiger partial charge in [-0.15, -0.1) is 0 Å². The lowest BCUT2D eigenvalue weighted by Crippen LogP contribution is -2.42. The monoisotopic (exact) mass is 340 g/mol. The molecule has 0 saturated heterocycles. The van der Waals surface area contributed by atoms with E-state index in [1.165, 1.54) is 96.3 Å². The zero-order chi connectivity index (χ0) is 16.1. The first-order valence-corrected chi connectivity index (χ1v) is 12.0. The Bertz CT molecular complexity index is 332. The highest BCUT2D eigenvalue weighted by Gasteiger charge is 2.49.